The van der Waals surface area contributed by atoms with Crippen LogP contribution in [0, 0.1) is 10.1 Å². The maximum atomic E-state index is 12.1. The van der Waals surface area contributed by atoms with Crippen LogP contribution in [0.3, 0.4) is 0 Å². The van der Waals surface area contributed by atoms with E-state index in [0.717, 1.165) is 0 Å². The van der Waals surface area contributed by atoms with Gasteiger partial charge in [0, 0.05) is 31.3 Å². The predicted octanol–water partition coefficient (Wildman–Crippen LogP) is 1.38. The lowest BCUT2D eigenvalue weighted by Crippen LogP contribution is -2.34. The maximum absolute atomic E-state index is 12.1. The number of esters is 1. The van der Waals surface area contributed by atoms with Crippen LogP contribution in [0.1, 0.15) is 18.9 Å². The Hall–Kier alpha value is -2.74. The number of aliphatic hydroxyl groups excluding tert-OH is 1. The number of benzene rings is 1. The Morgan fingerprint density at radius 1 is 1.29 bits per heavy atom. The van der Waals surface area contributed by atoms with Crippen molar-refractivity contribution in [3.63, 3.8) is 0 Å². The normalized spacial score (nSPS) is 10.6. The number of aliphatic hydroxyl groups is 1. The molecular weight excluding hydrogens is 316 g/mol. The molecule has 0 radical (unpaired) electrons. The summed E-state index contributed by atoms with van der Waals surface area (Å²) < 4.78 is 4.80. The van der Waals surface area contributed by atoms with E-state index in [0.29, 0.717) is 5.56 Å². The third kappa shape index (κ3) is 6.57. The number of hydrogen-bond acceptors (Lipinski definition) is 6. The third-order valence-electron chi connectivity index (χ3n) is 3.10. The molecule has 0 saturated carbocycles. The standard InChI is InChI=1S/C16H20N2O6/c1-2-24-16(21)9-10-17(11-12-19)15(20)8-5-13-3-6-14(7-4-13)18(22)23/h3-8,19H,2,9-12H2,1H3/b8-5+. The molecule has 0 fully saturated rings. The monoisotopic (exact) mass is 336 g/mol. The van der Waals surface area contributed by atoms with Crippen LogP contribution in [0.2, 0.25) is 0 Å². The molecule has 0 heterocycles. The topological polar surface area (TPSA) is 110 Å². The molecule has 0 aliphatic heterocycles. The van der Waals surface area contributed by atoms with E-state index in [1.165, 1.54) is 41.3 Å². The van der Waals surface area contributed by atoms with E-state index in [1.54, 1.807) is 6.92 Å². The first kappa shape index (κ1) is 19.3. The van der Waals surface area contributed by atoms with Crippen LogP contribution in [-0.4, -0.2) is 53.1 Å². The second kappa shape index (κ2) is 10.1. The molecule has 0 unspecified atom stereocenters. The van der Waals surface area contributed by atoms with Gasteiger partial charge in [-0.25, -0.2) is 0 Å². The Labute approximate surface area is 139 Å². The Bertz CT molecular complexity index is 597. The van der Waals surface area contributed by atoms with E-state index in [9.17, 15) is 19.7 Å². The van der Waals surface area contributed by atoms with Crippen molar-refractivity contribution >= 4 is 23.6 Å². The van der Waals surface area contributed by atoms with Gasteiger partial charge < -0.3 is 14.7 Å². The largest absolute Gasteiger partial charge is 0.466 e. The summed E-state index contributed by atoms with van der Waals surface area (Å²) in [5, 5.41) is 19.6. The van der Waals surface area contributed by atoms with Crippen LogP contribution in [-0.2, 0) is 14.3 Å². The zero-order valence-electron chi connectivity index (χ0n) is 13.4. The van der Waals surface area contributed by atoms with Crippen molar-refractivity contribution < 1.29 is 24.4 Å². The number of nitro benzene ring substituents is 1. The van der Waals surface area contributed by atoms with Gasteiger partial charge in [-0.05, 0) is 30.7 Å². The highest BCUT2D eigenvalue weighted by Crippen LogP contribution is 2.13. The summed E-state index contributed by atoms with van der Waals surface area (Å²) in [6.07, 6.45) is 2.85. The fourth-order valence-electron chi connectivity index (χ4n) is 1.89. The summed E-state index contributed by atoms with van der Waals surface area (Å²) in [5.41, 5.74) is 0.595. The Kier molecular flexibility index (Phi) is 8.14. The van der Waals surface area contributed by atoms with E-state index >= 15 is 0 Å². The number of carbonyl (C=O) groups excluding carboxylic acids is 2. The molecule has 0 aromatic heterocycles. The lowest BCUT2D eigenvalue weighted by atomic mass is 10.2. The fraction of sp³-hybridized carbons (Fsp3) is 0.375. The average molecular weight is 336 g/mol. The Balaban J connectivity index is 2.66. The molecule has 0 atom stereocenters. The molecule has 1 aromatic carbocycles. The second-order valence-electron chi connectivity index (χ2n) is 4.79. The van der Waals surface area contributed by atoms with Gasteiger partial charge in [0.15, 0.2) is 0 Å². The molecule has 8 heteroatoms. The lowest BCUT2D eigenvalue weighted by Gasteiger charge is -2.19. The minimum atomic E-state index is -0.503. The summed E-state index contributed by atoms with van der Waals surface area (Å²) >= 11 is 0. The SMILES string of the molecule is CCOC(=O)CCN(CCO)C(=O)/C=C/c1ccc([N+](=O)[O-])cc1. The molecule has 0 aliphatic rings. The van der Waals surface area contributed by atoms with E-state index in [4.69, 9.17) is 9.84 Å². The van der Waals surface area contributed by atoms with E-state index in [2.05, 4.69) is 0 Å². The summed E-state index contributed by atoms with van der Waals surface area (Å²) in [6, 6.07) is 5.74. The number of nitrogens with zero attached hydrogens (tertiary/aromatic N) is 2. The van der Waals surface area contributed by atoms with Crippen LogP contribution < -0.4 is 0 Å². The van der Waals surface area contributed by atoms with Crippen LogP contribution in [0.5, 0.6) is 0 Å². The zero-order chi connectivity index (χ0) is 17.9. The first-order chi connectivity index (χ1) is 11.5. The van der Waals surface area contributed by atoms with Crippen LogP contribution in [0.15, 0.2) is 30.3 Å². The van der Waals surface area contributed by atoms with Gasteiger partial charge in [-0.15, -0.1) is 0 Å². The van der Waals surface area contributed by atoms with E-state index in [-0.39, 0.29) is 44.3 Å². The average Bonchev–Trinajstić information content (AvgIpc) is 2.57. The lowest BCUT2D eigenvalue weighted by molar-refractivity contribution is -0.384. The number of nitro groups is 1. The van der Waals surface area contributed by atoms with Crippen molar-refractivity contribution in [3.05, 3.63) is 46.0 Å². The van der Waals surface area contributed by atoms with Gasteiger partial charge in [0.2, 0.25) is 5.91 Å². The van der Waals surface area contributed by atoms with Crippen LogP contribution in [0.4, 0.5) is 5.69 Å². The smallest absolute Gasteiger partial charge is 0.307 e. The number of amides is 1. The molecule has 0 aliphatic carbocycles. The number of non-ortho nitro benzene ring substituents is 1. The highest BCUT2D eigenvalue weighted by molar-refractivity contribution is 5.92. The summed E-state index contributed by atoms with van der Waals surface area (Å²) in [7, 11) is 0. The first-order valence-corrected chi connectivity index (χ1v) is 7.45. The molecule has 130 valence electrons. The highest BCUT2D eigenvalue weighted by Gasteiger charge is 2.12. The van der Waals surface area contributed by atoms with Gasteiger partial charge in [-0.1, -0.05) is 0 Å². The molecule has 0 spiro atoms. The predicted molar refractivity (Wildman–Crippen MR) is 87.0 cm³/mol. The van der Waals surface area contributed by atoms with Gasteiger partial charge in [0.1, 0.15) is 0 Å². The Morgan fingerprint density at radius 2 is 1.96 bits per heavy atom. The van der Waals surface area contributed by atoms with Gasteiger partial charge in [-0.3, -0.25) is 19.7 Å². The zero-order valence-corrected chi connectivity index (χ0v) is 13.4. The van der Waals surface area contributed by atoms with Gasteiger partial charge in [-0.2, -0.15) is 0 Å². The van der Waals surface area contributed by atoms with Gasteiger partial charge in [0.25, 0.3) is 5.69 Å². The van der Waals surface area contributed by atoms with Gasteiger partial charge >= 0.3 is 5.97 Å². The second-order valence-corrected chi connectivity index (χ2v) is 4.79. The molecule has 1 aromatic rings. The molecule has 1 N–H and O–H groups in total. The van der Waals surface area contributed by atoms with Crippen molar-refractivity contribution in [2.75, 3.05) is 26.3 Å². The van der Waals surface area contributed by atoms with Crippen LogP contribution in [0.25, 0.3) is 6.08 Å². The molecule has 0 bridgehead atoms. The quantitative estimate of drug-likeness (QED) is 0.316. The molecule has 24 heavy (non-hydrogen) atoms. The number of rotatable bonds is 9. The third-order valence-corrected chi connectivity index (χ3v) is 3.10. The van der Waals surface area contributed by atoms with Crippen LogP contribution >= 0.6 is 0 Å². The Morgan fingerprint density at radius 3 is 2.50 bits per heavy atom. The van der Waals surface area contributed by atoms with E-state index < -0.39 is 10.9 Å². The van der Waals surface area contributed by atoms with Crippen molar-refractivity contribution in [2.45, 2.75) is 13.3 Å². The van der Waals surface area contributed by atoms with Gasteiger partial charge in [0.05, 0.1) is 24.6 Å². The summed E-state index contributed by atoms with van der Waals surface area (Å²) in [5.74, 6) is -0.778. The fourth-order valence-corrected chi connectivity index (χ4v) is 1.89. The molecule has 8 nitrogen and oxygen atoms in total. The minimum Gasteiger partial charge on any atom is -0.466 e. The highest BCUT2D eigenvalue weighted by atomic mass is 16.6. The minimum absolute atomic E-state index is 0.0326. The number of hydrogen-bond donors (Lipinski definition) is 1. The molecular formula is C16H20N2O6. The number of ether oxygens (including phenoxy) is 1. The van der Waals surface area contributed by atoms with Crippen molar-refractivity contribution in [3.8, 4) is 0 Å². The number of carbonyl (C=O) groups is 2. The van der Waals surface area contributed by atoms with Crippen molar-refractivity contribution in [1.82, 2.24) is 4.90 Å². The molecule has 1 rings (SSSR count). The maximum Gasteiger partial charge on any atom is 0.307 e. The molecule has 1 amide bonds. The van der Waals surface area contributed by atoms with Crippen molar-refractivity contribution in [1.29, 1.82) is 0 Å². The first-order valence-electron chi connectivity index (χ1n) is 7.45. The van der Waals surface area contributed by atoms with Crippen molar-refractivity contribution in [2.24, 2.45) is 0 Å². The van der Waals surface area contributed by atoms with E-state index in [1.807, 2.05) is 0 Å². The summed E-state index contributed by atoms with van der Waals surface area (Å²) in [4.78, 5) is 34.9. The summed E-state index contributed by atoms with van der Waals surface area (Å²) in [6.45, 7) is 1.99. The molecule has 0 saturated heterocycles.